The fourth-order valence-electron chi connectivity index (χ4n) is 3.03. The molecule has 2 N–H and O–H groups in total. The van der Waals surface area contributed by atoms with E-state index in [2.05, 4.69) is 5.32 Å². The van der Waals surface area contributed by atoms with Gasteiger partial charge in [-0.25, -0.2) is 0 Å². The highest BCUT2D eigenvalue weighted by molar-refractivity contribution is 6.31. The molecular weight excluding hydrogens is 340 g/mol. The summed E-state index contributed by atoms with van der Waals surface area (Å²) >= 11 is 6.08. The minimum atomic E-state index is -0.349. The summed E-state index contributed by atoms with van der Waals surface area (Å²) in [6.07, 6.45) is 0.488. The lowest BCUT2D eigenvalue weighted by Gasteiger charge is -2.38. The Labute approximate surface area is 152 Å². The molecule has 0 aromatic heterocycles. The van der Waals surface area contributed by atoms with E-state index >= 15 is 0 Å². The first-order chi connectivity index (χ1) is 12.0. The number of phenols is 1. The number of carbonyl (C=O) groups is 1. The second-order valence-electron chi connectivity index (χ2n) is 5.90. The number of fused-ring (bicyclic) bond motifs is 1. The van der Waals surface area contributed by atoms with E-state index < -0.39 is 0 Å². The van der Waals surface area contributed by atoms with Crippen LogP contribution in [0.25, 0.3) is 0 Å². The van der Waals surface area contributed by atoms with E-state index in [1.54, 1.807) is 41.3 Å². The fourth-order valence-corrected chi connectivity index (χ4v) is 3.20. The van der Waals surface area contributed by atoms with E-state index in [9.17, 15) is 9.90 Å². The molecule has 0 bridgehead atoms. The number of hydrogen-bond acceptors (Lipinski definition) is 4. The van der Waals surface area contributed by atoms with Crippen LogP contribution in [0.2, 0.25) is 5.02 Å². The molecule has 2 aromatic carbocycles. The maximum Gasteiger partial charge on any atom is 0.257 e. The number of hydrogen-bond donors (Lipinski definition) is 2. The number of anilines is 1. The maximum atomic E-state index is 12.9. The van der Waals surface area contributed by atoms with Gasteiger partial charge in [-0.05, 0) is 49.2 Å². The van der Waals surface area contributed by atoms with Crippen LogP contribution in [0.4, 0.5) is 5.69 Å². The van der Waals surface area contributed by atoms with Crippen LogP contribution in [-0.2, 0) is 0 Å². The van der Waals surface area contributed by atoms with E-state index in [4.69, 9.17) is 16.3 Å². The van der Waals surface area contributed by atoms with Crippen molar-refractivity contribution in [3.63, 3.8) is 0 Å². The first-order valence-electron chi connectivity index (χ1n) is 8.38. The lowest BCUT2D eigenvalue weighted by molar-refractivity contribution is 0.0683. The van der Waals surface area contributed by atoms with Gasteiger partial charge >= 0.3 is 0 Å². The lowest BCUT2D eigenvalue weighted by Crippen LogP contribution is -2.43. The molecule has 6 heteroatoms. The van der Waals surface area contributed by atoms with Gasteiger partial charge in [-0.2, -0.15) is 0 Å². The van der Waals surface area contributed by atoms with Crippen LogP contribution < -0.4 is 10.1 Å². The predicted molar refractivity (Wildman–Crippen MR) is 98.4 cm³/mol. The van der Waals surface area contributed by atoms with E-state index in [1.807, 2.05) is 13.8 Å². The minimum Gasteiger partial charge on any atom is -0.504 e. The molecule has 1 atom stereocenters. The Morgan fingerprint density at radius 3 is 2.76 bits per heavy atom. The molecule has 3 rings (SSSR count). The molecule has 0 radical (unpaired) electrons. The summed E-state index contributed by atoms with van der Waals surface area (Å²) in [4.78, 5) is 14.7. The van der Waals surface area contributed by atoms with Gasteiger partial charge in [0.1, 0.15) is 6.17 Å². The number of rotatable bonds is 5. The topological polar surface area (TPSA) is 61.8 Å². The average molecular weight is 361 g/mol. The number of phenolic OH excluding ortho intramolecular Hbond substituents is 1. The van der Waals surface area contributed by atoms with Gasteiger partial charge in [-0.15, -0.1) is 0 Å². The SMILES string of the molecule is CCCN1C(=O)c2ccc(Cl)cc2NC1c1ccc(O)c(OCC)c1. The van der Waals surface area contributed by atoms with Crippen molar-refractivity contribution in [1.82, 2.24) is 4.90 Å². The Morgan fingerprint density at radius 1 is 1.24 bits per heavy atom. The van der Waals surface area contributed by atoms with E-state index in [0.29, 0.717) is 35.2 Å². The van der Waals surface area contributed by atoms with Crippen molar-refractivity contribution in [2.75, 3.05) is 18.5 Å². The smallest absolute Gasteiger partial charge is 0.257 e. The average Bonchev–Trinajstić information content (AvgIpc) is 2.59. The second-order valence-corrected chi connectivity index (χ2v) is 6.33. The summed E-state index contributed by atoms with van der Waals surface area (Å²) in [6.45, 7) is 4.95. The van der Waals surface area contributed by atoms with Crippen molar-refractivity contribution in [3.05, 3.63) is 52.5 Å². The van der Waals surface area contributed by atoms with Crippen molar-refractivity contribution in [2.45, 2.75) is 26.4 Å². The van der Waals surface area contributed by atoms with Crippen LogP contribution >= 0.6 is 11.6 Å². The van der Waals surface area contributed by atoms with Crippen LogP contribution in [0.5, 0.6) is 11.5 Å². The summed E-state index contributed by atoms with van der Waals surface area (Å²) < 4.78 is 5.48. The normalized spacial score (nSPS) is 16.4. The molecular formula is C19H21ClN2O3. The first-order valence-corrected chi connectivity index (χ1v) is 8.75. The number of nitrogens with one attached hydrogen (secondary N) is 1. The van der Waals surface area contributed by atoms with Crippen LogP contribution in [0.3, 0.4) is 0 Å². The van der Waals surface area contributed by atoms with Crippen molar-refractivity contribution in [3.8, 4) is 11.5 Å². The Balaban J connectivity index is 2.04. The third kappa shape index (κ3) is 3.37. The van der Waals surface area contributed by atoms with Gasteiger partial charge in [-0.1, -0.05) is 24.6 Å². The molecule has 1 unspecified atom stereocenters. The van der Waals surface area contributed by atoms with Crippen molar-refractivity contribution in [2.24, 2.45) is 0 Å². The summed E-state index contributed by atoms with van der Waals surface area (Å²) in [5.74, 6) is 0.448. The Hall–Kier alpha value is -2.40. The molecule has 0 saturated carbocycles. The Bertz CT molecular complexity index is 794. The van der Waals surface area contributed by atoms with Gasteiger partial charge < -0.3 is 20.1 Å². The zero-order chi connectivity index (χ0) is 18.0. The largest absolute Gasteiger partial charge is 0.504 e. The highest BCUT2D eigenvalue weighted by Gasteiger charge is 2.32. The quantitative estimate of drug-likeness (QED) is 0.828. The van der Waals surface area contributed by atoms with Gasteiger partial charge in [-0.3, -0.25) is 4.79 Å². The standard InChI is InChI=1S/C19H21ClN2O3/c1-3-9-22-18(12-5-8-16(23)17(10-12)25-4-2)21-15-11-13(20)6-7-14(15)19(22)24/h5-8,10-11,18,21,23H,3-4,9H2,1-2H3. The van der Waals surface area contributed by atoms with E-state index in [0.717, 1.165) is 12.0 Å². The Morgan fingerprint density at radius 2 is 2.04 bits per heavy atom. The van der Waals surface area contributed by atoms with Crippen molar-refractivity contribution in [1.29, 1.82) is 0 Å². The highest BCUT2D eigenvalue weighted by Crippen LogP contribution is 2.37. The van der Waals surface area contributed by atoms with Gasteiger partial charge in [0.2, 0.25) is 0 Å². The monoisotopic (exact) mass is 360 g/mol. The van der Waals surface area contributed by atoms with E-state index in [-0.39, 0.29) is 17.8 Å². The number of nitrogens with zero attached hydrogens (tertiary/aromatic N) is 1. The molecule has 2 aromatic rings. The van der Waals surface area contributed by atoms with Gasteiger partial charge in [0.25, 0.3) is 5.91 Å². The summed E-state index contributed by atoms with van der Waals surface area (Å²) in [6, 6.07) is 10.4. The van der Waals surface area contributed by atoms with Crippen LogP contribution in [-0.4, -0.2) is 29.1 Å². The van der Waals surface area contributed by atoms with E-state index in [1.165, 1.54) is 0 Å². The molecule has 132 valence electrons. The number of ether oxygens (including phenoxy) is 1. The van der Waals surface area contributed by atoms with Crippen LogP contribution in [0.15, 0.2) is 36.4 Å². The molecule has 1 amide bonds. The second kappa shape index (κ2) is 7.23. The molecule has 0 aliphatic carbocycles. The molecule has 1 aliphatic heterocycles. The number of amides is 1. The third-order valence-electron chi connectivity index (χ3n) is 4.14. The molecule has 1 heterocycles. The fraction of sp³-hybridized carbons (Fsp3) is 0.316. The zero-order valence-corrected chi connectivity index (χ0v) is 15.0. The third-order valence-corrected chi connectivity index (χ3v) is 4.38. The lowest BCUT2D eigenvalue weighted by atomic mass is 10.0. The van der Waals surface area contributed by atoms with Crippen molar-refractivity contribution < 1.29 is 14.6 Å². The van der Waals surface area contributed by atoms with Gasteiger partial charge in [0, 0.05) is 11.6 Å². The van der Waals surface area contributed by atoms with Crippen LogP contribution in [0, 0.1) is 0 Å². The van der Waals surface area contributed by atoms with Gasteiger partial charge in [0.15, 0.2) is 11.5 Å². The first kappa shape index (κ1) is 17.4. The molecule has 25 heavy (non-hydrogen) atoms. The summed E-state index contributed by atoms with van der Waals surface area (Å²) in [5, 5.41) is 13.9. The molecule has 0 spiro atoms. The minimum absolute atomic E-state index is 0.0386. The summed E-state index contributed by atoms with van der Waals surface area (Å²) in [7, 11) is 0. The Kier molecular flexibility index (Phi) is 5.04. The molecule has 1 aliphatic rings. The molecule has 0 fully saturated rings. The number of benzene rings is 2. The predicted octanol–water partition coefficient (Wildman–Crippen LogP) is 4.42. The van der Waals surface area contributed by atoms with Crippen molar-refractivity contribution >= 4 is 23.2 Å². The number of halogens is 1. The molecule has 0 saturated heterocycles. The highest BCUT2D eigenvalue weighted by atomic mass is 35.5. The zero-order valence-electron chi connectivity index (χ0n) is 14.3. The molecule has 5 nitrogen and oxygen atoms in total. The maximum absolute atomic E-state index is 12.9. The number of aromatic hydroxyl groups is 1. The van der Waals surface area contributed by atoms with Crippen LogP contribution in [0.1, 0.15) is 42.4 Å². The van der Waals surface area contributed by atoms with Gasteiger partial charge in [0.05, 0.1) is 17.9 Å². The summed E-state index contributed by atoms with van der Waals surface area (Å²) in [5.41, 5.74) is 2.16. The number of carbonyl (C=O) groups excluding carboxylic acids is 1.